The molecule has 0 aromatic rings. The smallest absolute Gasteiger partial charge is 0.151 e. The fourth-order valence-corrected chi connectivity index (χ4v) is 1.71. The summed E-state index contributed by atoms with van der Waals surface area (Å²) in [4.78, 5) is 0. The fourth-order valence-electron chi connectivity index (χ4n) is 0.409. The maximum Gasteiger partial charge on any atom is 0.151 e. The number of alkyl halides is 1. The summed E-state index contributed by atoms with van der Waals surface area (Å²) in [6.45, 7) is 3.53. The molecule has 9 heavy (non-hydrogen) atoms. The second-order valence-electron chi connectivity index (χ2n) is 1.95. The van der Waals surface area contributed by atoms with Crippen LogP contribution in [0.2, 0.25) is 0 Å². The van der Waals surface area contributed by atoms with Gasteiger partial charge in [0.1, 0.15) is 0 Å². The number of hydrogen-bond acceptors (Lipinski definition) is 2. The fraction of sp³-hybridized carbons (Fsp3) is 0.600. The first-order chi connectivity index (χ1) is 3.95. The lowest BCUT2D eigenvalue weighted by Crippen LogP contribution is -2.05. The lowest BCUT2D eigenvalue weighted by Gasteiger charge is -1.96. The molecule has 0 amide bonds. The molecule has 0 aromatic carbocycles. The van der Waals surface area contributed by atoms with Gasteiger partial charge in [-0.15, -0.1) is 0 Å². The molecule has 0 spiro atoms. The summed E-state index contributed by atoms with van der Waals surface area (Å²) >= 11 is 3.10. The van der Waals surface area contributed by atoms with Crippen molar-refractivity contribution in [3.05, 3.63) is 12.2 Å². The minimum absolute atomic E-state index is 0.0816. The van der Waals surface area contributed by atoms with Crippen LogP contribution in [0, 0.1) is 0 Å². The number of hydrogen-bond donors (Lipinski definition) is 0. The first kappa shape index (κ1) is 9.17. The van der Waals surface area contributed by atoms with Crippen LogP contribution in [0.4, 0.5) is 0 Å². The molecule has 0 atom stereocenters. The van der Waals surface area contributed by atoms with E-state index in [0.29, 0.717) is 10.9 Å². The van der Waals surface area contributed by atoms with E-state index in [1.165, 1.54) is 6.26 Å². The van der Waals surface area contributed by atoms with E-state index in [9.17, 15) is 8.42 Å². The van der Waals surface area contributed by atoms with Gasteiger partial charge in [0.2, 0.25) is 0 Å². The first-order valence-electron chi connectivity index (χ1n) is 2.36. The molecule has 0 N–H and O–H groups in total. The average molecular weight is 213 g/mol. The summed E-state index contributed by atoms with van der Waals surface area (Å²) in [5.41, 5.74) is 0.692. The zero-order valence-corrected chi connectivity index (χ0v) is 7.63. The zero-order valence-electron chi connectivity index (χ0n) is 5.22. The van der Waals surface area contributed by atoms with E-state index in [1.807, 2.05) is 0 Å². The summed E-state index contributed by atoms with van der Waals surface area (Å²) in [7, 11) is -2.86. The summed E-state index contributed by atoms with van der Waals surface area (Å²) in [5, 5.41) is 0.556. The quantitative estimate of drug-likeness (QED) is 0.517. The Labute approximate surface area is 64.0 Å². The lowest BCUT2D eigenvalue weighted by molar-refractivity contribution is 0.604. The highest BCUT2D eigenvalue weighted by Gasteiger charge is 2.02. The number of sulfone groups is 1. The van der Waals surface area contributed by atoms with Crippen molar-refractivity contribution in [2.75, 3.05) is 17.3 Å². The molecule has 0 aliphatic carbocycles. The van der Waals surface area contributed by atoms with Gasteiger partial charge in [0.25, 0.3) is 0 Å². The van der Waals surface area contributed by atoms with E-state index in [4.69, 9.17) is 0 Å². The van der Waals surface area contributed by atoms with Crippen LogP contribution in [0.1, 0.15) is 0 Å². The summed E-state index contributed by atoms with van der Waals surface area (Å²) in [6.07, 6.45) is 1.20. The molecule has 2 nitrogen and oxygen atoms in total. The normalized spacial score (nSPS) is 11.3. The van der Waals surface area contributed by atoms with E-state index in [0.717, 1.165) is 0 Å². The SMILES string of the molecule is C=C(CBr)CS(C)(=O)=O. The van der Waals surface area contributed by atoms with E-state index < -0.39 is 9.84 Å². The molecule has 0 aromatic heterocycles. The second kappa shape index (κ2) is 3.37. The molecule has 4 heteroatoms. The lowest BCUT2D eigenvalue weighted by atomic mass is 10.4. The maximum atomic E-state index is 10.5. The van der Waals surface area contributed by atoms with Crippen molar-refractivity contribution in [3.8, 4) is 0 Å². The van der Waals surface area contributed by atoms with E-state index >= 15 is 0 Å². The Morgan fingerprint density at radius 2 is 2.11 bits per heavy atom. The van der Waals surface area contributed by atoms with Gasteiger partial charge in [0.15, 0.2) is 9.84 Å². The van der Waals surface area contributed by atoms with E-state index in [2.05, 4.69) is 22.5 Å². The van der Waals surface area contributed by atoms with Crippen molar-refractivity contribution < 1.29 is 8.42 Å². The Bertz CT molecular complexity index is 193. The molecule has 0 saturated heterocycles. The van der Waals surface area contributed by atoms with Crippen molar-refractivity contribution in [2.45, 2.75) is 0 Å². The second-order valence-corrected chi connectivity index (χ2v) is 4.65. The Morgan fingerprint density at radius 3 is 2.22 bits per heavy atom. The van der Waals surface area contributed by atoms with E-state index in [-0.39, 0.29) is 5.75 Å². The average Bonchev–Trinajstić information content (AvgIpc) is 1.62. The van der Waals surface area contributed by atoms with Gasteiger partial charge < -0.3 is 0 Å². The Kier molecular flexibility index (Phi) is 3.43. The highest BCUT2D eigenvalue weighted by atomic mass is 79.9. The Morgan fingerprint density at radius 1 is 1.67 bits per heavy atom. The highest BCUT2D eigenvalue weighted by Crippen LogP contribution is 1.99. The predicted octanol–water partition coefficient (Wildman–Crippen LogP) is 0.982. The molecule has 54 valence electrons. The third-order valence-corrected chi connectivity index (χ3v) is 2.38. The molecule has 0 radical (unpaired) electrons. The standard InChI is InChI=1S/C5H9BrO2S/c1-5(3-6)4-9(2,7)8/h1,3-4H2,2H3. The minimum atomic E-state index is -2.86. The van der Waals surface area contributed by atoms with Crippen molar-refractivity contribution >= 4 is 25.8 Å². The van der Waals surface area contributed by atoms with Crippen LogP contribution in [0.15, 0.2) is 12.2 Å². The molecule has 0 aliphatic heterocycles. The van der Waals surface area contributed by atoms with Crippen LogP contribution in [-0.2, 0) is 9.84 Å². The molecular weight excluding hydrogens is 204 g/mol. The zero-order chi connectivity index (χ0) is 7.49. The predicted molar refractivity (Wildman–Crippen MR) is 42.6 cm³/mol. The van der Waals surface area contributed by atoms with Crippen molar-refractivity contribution in [3.63, 3.8) is 0 Å². The topological polar surface area (TPSA) is 34.1 Å². The van der Waals surface area contributed by atoms with Gasteiger partial charge in [0.05, 0.1) is 5.75 Å². The third kappa shape index (κ3) is 6.05. The van der Waals surface area contributed by atoms with Crippen LogP contribution in [0.3, 0.4) is 0 Å². The molecule has 0 rings (SSSR count). The van der Waals surface area contributed by atoms with E-state index in [1.54, 1.807) is 0 Å². The summed E-state index contributed by atoms with van der Waals surface area (Å²) in [5.74, 6) is 0.0816. The van der Waals surface area contributed by atoms with Gasteiger partial charge in [-0.2, -0.15) is 0 Å². The largest absolute Gasteiger partial charge is 0.229 e. The molecule has 0 bridgehead atoms. The van der Waals surface area contributed by atoms with Gasteiger partial charge >= 0.3 is 0 Å². The highest BCUT2D eigenvalue weighted by molar-refractivity contribution is 9.09. The number of halogens is 1. The van der Waals surface area contributed by atoms with Gasteiger partial charge in [-0.1, -0.05) is 28.1 Å². The van der Waals surface area contributed by atoms with Gasteiger partial charge in [-0.05, 0) is 0 Å². The summed E-state index contributed by atoms with van der Waals surface area (Å²) in [6, 6.07) is 0. The summed E-state index contributed by atoms with van der Waals surface area (Å²) < 4.78 is 21.0. The molecule has 0 heterocycles. The molecule has 0 saturated carbocycles. The monoisotopic (exact) mass is 212 g/mol. The van der Waals surface area contributed by atoms with Crippen molar-refractivity contribution in [2.24, 2.45) is 0 Å². The van der Waals surface area contributed by atoms with Crippen LogP contribution in [-0.4, -0.2) is 25.8 Å². The molecule has 0 aliphatic rings. The first-order valence-corrected chi connectivity index (χ1v) is 5.54. The Hall–Kier alpha value is 0.170. The Balaban J connectivity index is 3.91. The minimum Gasteiger partial charge on any atom is -0.229 e. The molecule has 0 unspecified atom stereocenters. The van der Waals surface area contributed by atoms with Gasteiger partial charge in [-0.25, -0.2) is 8.42 Å². The van der Waals surface area contributed by atoms with Crippen LogP contribution < -0.4 is 0 Å². The van der Waals surface area contributed by atoms with Crippen molar-refractivity contribution in [1.29, 1.82) is 0 Å². The van der Waals surface area contributed by atoms with Gasteiger partial charge in [-0.3, -0.25) is 0 Å². The third-order valence-electron chi connectivity index (χ3n) is 0.655. The molecule has 0 fully saturated rings. The van der Waals surface area contributed by atoms with Crippen LogP contribution in [0.5, 0.6) is 0 Å². The van der Waals surface area contributed by atoms with Crippen LogP contribution >= 0.6 is 15.9 Å². The number of rotatable bonds is 3. The maximum absolute atomic E-state index is 10.5. The van der Waals surface area contributed by atoms with Crippen LogP contribution in [0.25, 0.3) is 0 Å². The molecular formula is C5H9BrO2S. The van der Waals surface area contributed by atoms with Crippen molar-refractivity contribution in [1.82, 2.24) is 0 Å². The van der Waals surface area contributed by atoms with Gasteiger partial charge in [0, 0.05) is 11.6 Å².